The highest BCUT2D eigenvalue weighted by Crippen LogP contribution is 2.29. The van der Waals surface area contributed by atoms with Crippen LogP contribution in [0.4, 0.5) is 0 Å². The lowest BCUT2D eigenvalue weighted by Crippen LogP contribution is -2.46. The Morgan fingerprint density at radius 3 is 2.54 bits per heavy atom. The Balaban J connectivity index is 1.69. The number of para-hydroxylation sites is 1. The van der Waals surface area contributed by atoms with Crippen LogP contribution in [0.15, 0.2) is 48.5 Å². The van der Waals surface area contributed by atoms with Crippen LogP contribution >= 0.6 is 0 Å². The van der Waals surface area contributed by atoms with Crippen molar-refractivity contribution >= 4 is 17.8 Å². The van der Waals surface area contributed by atoms with E-state index in [-0.39, 0.29) is 19.3 Å². The van der Waals surface area contributed by atoms with Crippen LogP contribution in [-0.4, -0.2) is 42.2 Å². The smallest absolute Gasteiger partial charge is 0.326 e. The van der Waals surface area contributed by atoms with Gasteiger partial charge in [-0.3, -0.25) is 9.59 Å². The third-order valence-corrected chi connectivity index (χ3v) is 4.60. The molecule has 1 aliphatic rings. The van der Waals surface area contributed by atoms with E-state index in [1.807, 2.05) is 48.5 Å². The number of cyclic esters (lactones) is 1. The highest BCUT2D eigenvalue weighted by Gasteiger charge is 2.32. The zero-order valence-electron chi connectivity index (χ0n) is 15.4. The van der Waals surface area contributed by atoms with Crippen LogP contribution in [0.25, 0.3) is 11.1 Å². The van der Waals surface area contributed by atoms with Gasteiger partial charge >= 0.3 is 11.9 Å². The summed E-state index contributed by atoms with van der Waals surface area (Å²) in [7, 11) is 1.61. The van der Waals surface area contributed by atoms with Crippen molar-refractivity contribution in [2.45, 2.75) is 31.4 Å². The number of carbonyl (C=O) groups is 3. The predicted molar refractivity (Wildman–Crippen MR) is 101 cm³/mol. The van der Waals surface area contributed by atoms with Gasteiger partial charge in [0, 0.05) is 24.8 Å². The summed E-state index contributed by atoms with van der Waals surface area (Å²) in [5.74, 6) is -1.42. The van der Waals surface area contributed by atoms with Gasteiger partial charge in [-0.25, -0.2) is 4.79 Å². The molecule has 7 nitrogen and oxygen atoms in total. The SMILES string of the molecule is COc1ccccc1-c1ccc(C[C@H](NC(=O)[C@@H]2CCC(=O)O2)C(=O)O)cc1. The Morgan fingerprint density at radius 2 is 1.93 bits per heavy atom. The number of carbonyl (C=O) groups excluding carboxylic acids is 2. The second-order valence-corrected chi connectivity index (χ2v) is 6.52. The molecule has 2 N–H and O–H groups in total. The number of carboxylic acids is 1. The molecule has 0 saturated carbocycles. The van der Waals surface area contributed by atoms with Crippen molar-refractivity contribution in [2.24, 2.45) is 0 Å². The first-order chi connectivity index (χ1) is 13.5. The molecule has 0 aromatic heterocycles. The Hall–Kier alpha value is -3.35. The quantitative estimate of drug-likeness (QED) is 0.711. The summed E-state index contributed by atoms with van der Waals surface area (Å²) in [6.07, 6.45) is -0.360. The highest BCUT2D eigenvalue weighted by molar-refractivity contribution is 5.89. The molecule has 0 spiro atoms. The van der Waals surface area contributed by atoms with Crippen LogP contribution in [0.1, 0.15) is 18.4 Å². The fourth-order valence-electron chi connectivity index (χ4n) is 3.11. The summed E-state index contributed by atoms with van der Waals surface area (Å²) in [5.41, 5.74) is 2.63. The number of ether oxygens (including phenoxy) is 2. The number of benzene rings is 2. The van der Waals surface area contributed by atoms with Crippen molar-refractivity contribution in [3.05, 3.63) is 54.1 Å². The highest BCUT2D eigenvalue weighted by atomic mass is 16.6. The minimum Gasteiger partial charge on any atom is -0.496 e. The summed E-state index contributed by atoms with van der Waals surface area (Å²) < 4.78 is 10.2. The van der Waals surface area contributed by atoms with Crippen LogP contribution in [0.2, 0.25) is 0 Å². The molecule has 2 atom stereocenters. The summed E-state index contributed by atoms with van der Waals surface area (Å²) in [4.78, 5) is 34.8. The molecule has 2 aromatic carbocycles. The molecule has 0 radical (unpaired) electrons. The summed E-state index contributed by atoms with van der Waals surface area (Å²) >= 11 is 0. The van der Waals surface area contributed by atoms with Gasteiger partial charge in [-0.15, -0.1) is 0 Å². The fourth-order valence-corrected chi connectivity index (χ4v) is 3.11. The lowest BCUT2D eigenvalue weighted by Gasteiger charge is -2.17. The number of esters is 1. The monoisotopic (exact) mass is 383 g/mol. The van der Waals surface area contributed by atoms with Crippen LogP contribution in [0.3, 0.4) is 0 Å². The Bertz CT molecular complexity index is 877. The van der Waals surface area contributed by atoms with Gasteiger partial charge in [0.15, 0.2) is 6.10 Å². The average Bonchev–Trinajstić information content (AvgIpc) is 3.14. The maximum Gasteiger partial charge on any atom is 0.326 e. The van der Waals surface area contributed by atoms with Gasteiger partial charge in [-0.05, 0) is 17.2 Å². The zero-order valence-corrected chi connectivity index (χ0v) is 15.4. The minimum atomic E-state index is -1.15. The second-order valence-electron chi connectivity index (χ2n) is 6.52. The molecule has 146 valence electrons. The number of hydrogen-bond acceptors (Lipinski definition) is 5. The number of carboxylic acid groups (broad SMARTS) is 1. The number of amides is 1. The zero-order chi connectivity index (χ0) is 20.1. The van der Waals surface area contributed by atoms with Crippen molar-refractivity contribution in [3.8, 4) is 16.9 Å². The molecule has 7 heteroatoms. The van der Waals surface area contributed by atoms with Crippen LogP contribution in [0, 0.1) is 0 Å². The van der Waals surface area contributed by atoms with E-state index in [9.17, 15) is 19.5 Å². The van der Waals surface area contributed by atoms with E-state index in [2.05, 4.69) is 5.32 Å². The van der Waals surface area contributed by atoms with E-state index in [4.69, 9.17) is 9.47 Å². The van der Waals surface area contributed by atoms with E-state index >= 15 is 0 Å². The lowest BCUT2D eigenvalue weighted by atomic mass is 10.00. The normalized spacial score (nSPS) is 16.9. The van der Waals surface area contributed by atoms with Crippen molar-refractivity contribution in [1.82, 2.24) is 5.32 Å². The molecule has 1 heterocycles. The lowest BCUT2D eigenvalue weighted by molar-refractivity contribution is -0.149. The largest absolute Gasteiger partial charge is 0.496 e. The van der Waals surface area contributed by atoms with Gasteiger partial charge in [0.2, 0.25) is 0 Å². The van der Waals surface area contributed by atoms with Gasteiger partial charge in [-0.2, -0.15) is 0 Å². The fraction of sp³-hybridized carbons (Fsp3) is 0.286. The molecular formula is C21H21NO6. The first-order valence-electron chi connectivity index (χ1n) is 8.93. The molecule has 0 unspecified atom stereocenters. The van der Waals surface area contributed by atoms with Gasteiger partial charge in [-0.1, -0.05) is 42.5 Å². The number of aliphatic carboxylic acids is 1. The van der Waals surface area contributed by atoms with Crippen LogP contribution in [-0.2, 0) is 25.5 Å². The molecule has 2 aromatic rings. The number of nitrogens with one attached hydrogen (secondary N) is 1. The van der Waals surface area contributed by atoms with Gasteiger partial charge in [0.1, 0.15) is 11.8 Å². The first kappa shape index (κ1) is 19.4. The molecule has 3 rings (SSSR count). The maximum absolute atomic E-state index is 12.1. The van der Waals surface area contributed by atoms with Gasteiger partial charge in [0.25, 0.3) is 5.91 Å². The van der Waals surface area contributed by atoms with Crippen LogP contribution in [0.5, 0.6) is 5.75 Å². The van der Waals surface area contributed by atoms with Crippen molar-refractivity contribution in [2.75, 3.05) is 7.11 Å². The Labute approximate surface area is 162 Å². The van der Waals surface area contributed by atoms with Crippen molar-refractivity contribution < 1.29 is 29.0 Å². The topological polar surface area (TPSA) is 102 Å². The van der Waals surface area contributed by atoms with E-state index in [0.717, 1.165) is 22.4 Å². The van der Waals surface area contributed by atoms with E-state index in [0.29, 0.717) is 0 Å². The molecule has 0 aliphatic carbocycles. The standard InChI is InChI=1S/C21H21NO6/c1-27-17-5-3-2-4-15(17)14-8-6-13(7-9-14)12-16(21(25)26)22-20(24)18-10-11-19(23)28-18/h2-9,16,18H,10-12H2,1H3,(H,22,24)(H,25,26)/t16-,18-/m0/s1. The van der Waals surface area contributed by atoms with E-state index < -0.39 is 30.0 Å². The summed E-state index contributed by atoms with van der Waals surface area (Å²) in [5, 5.41) is 11.9. The molecule has 1 fully saturated rings. The Morgan fingerprint density at radius 1 is 1.21 bits per heavy atom. The molecule has 1 saturated heterocycles. The number of methoxy groups -OCH3 is 1. The van der Waals surface area contributed by atoms with E-state index in [1.165, 1.54) is 0 Å². The van der Waals surface area contributed by atoms with E-state index in [1.54, 1.807) is 7.11 Å². The van der Waals surface area contributed by atoms with Crippen molar-refractivity contribution in [3.63, 3.8) is 0 Å². The number of hydrogen-bond donors (Lipinski definition) is 2. The maximum atomic E-state index is 12.1. The molecule has 28 heavy (non-hydrogen) atoms. The minimum absolute atomic E-state index is 0.119. The second kappa shape index (κ2) is 8.56. The van der Waals surface area contributed by atoms with Gasteiger partial charge in [0.05, 0.1) is 7.11 Å². The third kappa shape index (κ3) is 4.49. The molecule has 1 amide bonds. The van der Waals surface area contributed by atoms with Crippen molar-refractivity contribution in [1.29, 1.82) is 0 Å². The predicted octanol–water partition coefficient (Wildman–Crippen LogP) is 2.18. The molecule has 1 aliphatic heterocycles. The van der Waals surface area contributed by atoms with Crippen LogP contribution < -0.4 is 10.1 Å². The third-order valence-electron chi connectivity index (χ3n) is 4.60. The number of rotatable bonds is 7. The molecular weight excluding hydrogens is 362 g/mol. The average molecular weight is 383 g/mol. The summed E-state index contributed by atoms with van der Waals surface area (Å²) in [6, 6.07) is 13.9. The summed E-state index contributed by atoms with van der Waals surface area (Å²) in [6.45, 7) is 0. The first-order valence-corrected chi connectivity index (χ1v) is 8.93. The molecule has 0 bridgehead atoms. The van der Waals surface area contributed by atoms with Gasteiger partial charge < -0.3 is 19.9 Å². The Kier molecular flexibility index (Phi) is 5.93.